The van der Waals surface area contributed by atoms with Crippen molar-refractivity contribution in [2.75, 3.05) is 6.54 Å². The van der Waals surface area contributed by atoms with Crippen molar-refractivity contribution < 1.29 is 4.79 Å². The Balaban J connectivity index is 2.32. The minimum absolute atomic E-state index is 0.718. The van der Waals surface area contributed by atoms with E-state index >= 15 is 0 Å². The van der Waals surface area contributed by atoms with Crippen molar-refractivity contribution in [2.45, 2.75) is 12.8 Å². The van der Waals surface area contributed by atoms with Crippen LogP contribution in [-0.4, -0.2) is 13.0 Å². The Labute approximate surface area is 82.9 Å². The summed E-state index contributed by atoms with van der Waals surface area (Å²) in [6.07, 6.45) is 2.61. The number of amides is 1. The van der Waals surface area contributed by atoms with E-state index in [1.54, 1.807) is 0 Å². The van der Waals surface area contributed by atoms with E-state index in [2.05, 4.69) is 5.32 Å². The number of halogens is 1. The van der Waals surface area contributed by atoms with Crippen LogP contribution in [0.5, 0.6) is 0 Å². The van der Waals surface area contributed by atoms with E-state index in [1.165, 1.54) is 5.56 Å². The maximum absolute atomic E-state index is 9.94. The van der Waals surface area contributed by atoms with E-state index in [-0.39, 0.29) is 0 Å². The van der Waals surface area contributed by atoms with Gasteiger partial charge in [-0.25, -0.2) is 0 Å². The molecule has 0 fully saturated rings. The lowest BCUT2D eigenvalue weighted by atomic mass is 10.1. The molecule has 0 aliphatic heterocycles. The molecule has 1 aromatic carbocycles. The van der Waals surface area contributed by atoms with Gasteiger partial charge in [-0.1, -0.05) is 23.7 Å². The van der Waals surface area contributed by atoms with Gasteiger partial charge in [-0.15, -0.1) is 0 Å². The highest BCUT2D eigenvalue weighted by molar-refractivity contribution is 6.30. The van der Waals surface area contributed by atoms with E-state index < -0.39 is 0 Å². The lowest BCUT2D eigenvalue weighted by Gasteiger charge is -2.00. The van der Waals surface area contributed by atoms with Gasteiger partial charge in [0, 0.05) is 11.6 Å². The molecule has 0 heterocycles. The fourth-order valence-corrected chi connectivity index (χ4v) is 1.36. The van der Waals surface area contributed by atoms with Crippen molar-refractivity contribution in [1.82, 2.24) is 5.32 Å². The number of carbonyl (C=O) groups excluding carboxylic acids is 1. The predicted molar refractivity (Wildman–Crippen MR) is 53.8 cm³/mol. The monoisotopic (exact) mass is 197 g/mol. The Morgan fingerprint density at radius 3 is 3.00 bits per heavy atom. The molecular weight excluding hydrogens is 186 g/mol. The molecular formula is C10H12ClNO. The number of hydrogen-bond acceptors (Lipinski definition) is 1. The Kier molecular flexibility index (Phi) is 4.33. The second-order valence-electron chi connectivity index (χ2n) is 2.81. The van der Waals surface area contributed by atoms with Crippen LogP contribution < -0.4 is 5.32 Å². The topological polar surface area (TPSA) is 29.1 Å². The fourth-order valence-electron chi connectivity index (χ4n) is 1.15. The molecule has 3 heteroatoms. The molecule has 0 aromatic heterocycles. The molecule has 1 rings (SSSR count). The molecule has 70 valence electrons. The number of benzene rings is 1. The summed E-state index contributed by atoms with van der Waals surface area (Å²) in [7, 11) is 0. The third-order valence-corrected chi connectivity index (χ3v) is 1.99. The zero-order valence-corrected chi connectivity index (χ0v) is 8.05. The third kappa shape index (κ3) is 3.95. The van der Waals surface area contributed by atoms with Crippen LogP contribution in [0.3, 0.4) is 0 Å². The van der Waals surface area contributed by atoms with Gasteiger partial charge in [-0.3, -0.25) is 4.79 Å². The van der Waals surface area contributed by atoms with Gasteiger partial charge in [-0.2, -0.15) is 0 Å². The Hall–Kier alpha value is -1.02. The molecule has 0 saturated carbocycles. The van der Waals surface area contributed by atoms with Crippen LogP contribution in [0.1, 0.15) is 12.0 Å². The summed E-state index contributed by atoms with van der Waals surface area (Å²) in [6.45, 7) is 0.718. The summed E-state index contributed by atoms with van der Waals surface area (Å²) in [4.78, 5) is 9.94. The van der Waals surface area contributed by atoms with Crippen molar-refractivity contribution in [3.05, 3.63) is 34.9 Å². The zero-order valence-electron chi connectivity index (χ0n) is 7.29. The highest BCUT2D eigenvalue weighted by Crippen LogP contribution is 2.11. The van der Waals surface area contributed by atoms with Crippen LogP contribution in [0.25, 0.3) is 0 Å². The van der Waals surface area contributed by atoms with Gasteiger partial charge in [0.05, 0.1) is 0 Å². The number of carbonyl (C=O) groups is 1. The maximum atomic E-state index is 9.94. The fraction of sp³-hybridized carbons (Fsp3) is 0.300. The number of rotatable bonds is 5. The van der Waals surface area contributed by atoms with Crippen LogP contribution in [0.4, 0.5) is 0 Å². The molecule has 0 spiro atoms. The smallest absolute Gasteiger partial charge is 0.207 e. The van der Waals surface area contributed by atoms with Gasteiger partial charge in [0.1, 0.15) is 0 Å². The first-order valence-electron chi connectivity index (χ1n) is 4.24. The SMILES string of the molecule is O=CNCCCc1cccc(Cl)c1. The molecule has 0 aliphatic carbocycles. The molecule has 0 bridgehead atoms. The van der Waals surface area contributed by atoms with Gasteiger partial charge >= 0.3 is 0 Å². The predicted octanol–water partition coefficient (Wildman–Crippen LogP) is 2.02. The van der Waals surface area contributed by atoms with Crippen LogP contribution in [0.2, 0.25) is 5.02 Å². The Bertz CT molecular complexity index is 275. The Morgan fingerprint density at radius 2 is 2.31 bits per heavy atom. The second-order valence-corrected chi connectivity index (χ2v) is 3.24. The van der Waals surface area contributed by atoms with Crippen LogP contribution in [0.15, 0.2) is 24.3 Å². The molecule has 2 nitrogen and oxygen atoms in total. The Morgan fingerprint density at radius 1 is 1.46 bits per heavy atom. The molecule has 0 atom stereocenters. The second kappa shape index (κ2) is 5.60. The molecule has 13 heavy (non-hydrogen) atoms. The summed E-state index contributed by atoms with van der Waals surface area (Å²) >= 11 is 5.81. The molecule has 0 saturated heterocycles. The first kappa shape index (κ1) is 10.1. The number of aryl methyl sites for hydroxylation is 1. The minimum Gasteiger partial charge on any atom is -0.359 e. The van der Waals surface area contributed by atoms with Gasteiger partial charge in [0.2, 0.25) is 6.41 Å². The molecule has 1 N–H and O–H groups in total. The van der Waals surface area contributed by atoms with Crippen LogP contribution in [0, 0.1) is 0 Å². The largest absolute Gasteiger partial charge is 0.359 e. The van der Waals surface area contributed by atoms with Crippen molar-refractivity contribution in [3.63, 3.8) is 0 Å². The van der Waals surface area contributed by atoms with E-state index in [9.17, 15) is 4.79 Å². The molecule has 0 aliphatic rings. The van der Waals surface area contributed by atoms with Gasteiger partial charge in [0.15, 0.2) is 0 Å². The standard InChI is InChI=1S/C10H12ClNO/c11-10-5-1-3-9(7-10)4-2-6-12-8-13/h1,3,5,7-8H,2,4,6H2,(H,12,13). The summed E-state index contributed by atoms with van der Waals surface area (Å²) in [5.74, 6) is 0. The summed E-state index contributed by atoms with van der Waals surface area (Å²) < 4.78 is 0. The average Bonchev–Trinajstić information content (AvgIpc) is 2.13. The van der Waals surface area contributed by atoms with E-state index in [4.69, 9.17) is 11.6 Å². The molecule has 1 aromatic rings. The summed E-state index contributed by atoms with van der Waals surface area (Å²) in [6, 6.07) is 7.77. The van der Waals surface area contributed by atoms with Crippen LogP contribution >= 0.6 is 11.6 Å². The lowest BCUT2D eigenvalue weighted by Crippen LogP contribution is -2.12. The number of nitrogens with one attached hydrogen (secondary N) is 1. The van der Waals surface area contributed by atoms with Crippen molar-refractivity contribution in [2.24, 2.45) is 0 Å². The first-order chi connectivity index (χ1) is 6.33. The summed E-state index contributed by atoms with van der Waals surface area (Å²) in [5.41, 5.74) is 1.21. The molecule has 0 unspecified atom stereocenters. The van der Waals surface area contributed by atoms with Crippen molar-refractivity contribution >= 4 is 18.0 Å². The first-order valence-corrected chi connectivity index (χ1v) is 4.62. The van der Waals surface area contributed by atoms with Crippen molar-refractivity contribution in [3.8, 4) is 0 Å². The average molecular weight is 198 g/mol. The minimum atomic E-state index is 0.718. The highest BCUT2D eigenvalue weighted by Gasteiger charge is 1.93. The maximum Gasteiger partial charge on any atom is 0.207 e. The van der Waals surface area contributed by atoms with E-state index in [0.29, 0.717) is 0 Å². The number of hydrogen-bond donors (Lipinski definition) is 1. The molecule has 0 radical (unpaired) electrons. The third-order valence-electron chi connectivity index (χ3n) is 1.76. The summed E-state index contributed by atoms with van der Waals surface area (Å²) in [5, 5.41) is 3.38. The highest BCUT2D eigenvalue weighted by atomic mass is 35.5. The zero-order chi connectivity index (χ0) is 9.52. The van der Waals surface area contributed by atoms with Gasteiger partial charge in [-0.05, 0) is 30.5 Å². The normalized spacial score (nSPS) is 9.62. The van der Waals surface area contributed by atoms with Crippen molar-refractivity contribution in [1.29, 1.82) is 0 Å². The van der Waals surface area contributed by atoms with Crippen LogP contribution in [-0.2, 0) is 11.2 Å². The molecule has 1 amide bonds. The lowest BCUT2D eigenvalue weighted by molar-refractivity contribution is -0.109. The van der Waals surface area contributed by atoms with Gasteiger partial charge in [0.25, 0.3) is 0 Å². The van der Waals surface area contributed by atoms with E-state index in [1.807, 2.05) is 24.3 Å². The quantitative estimate of drug-likeness (QED) is 0.568. The van der Waals surface area contributed by atoms with Gasteiger partial charge < -0.3 is 5.32 Å². The van der Waals surface area contributed by atoms with E-state index in [0.717, 1.165) is 30.8 Å².